The second-order valence-corrected chi connectivity index (χ2v) is 4.18. The Morgan fingerprint density at radius 1 is 1.36 bits per heavy atom. The van der Waals surface area contributed by atoms with E-state index < -0.39 is 0 Å². The Labute approximate surface area is 86.8 Å². The first-order chi connectivity index (χ1) is 6.63. The van der Waals surface area contributed by atoms with Crippen molar-refractivity contribution < 1.29 is 5.11 Å². The molecule has 1 heteroatoms. The molecule has 0 saturated heterocycles. The van der Waals surface area contributed by atoms with Gasteiger partial charge in [-0.15, -0.1) is 0 Å². The lowest BCUT2D eigenvalue weighted by molar-refractivity contribution is 0.146. The summed E-state index contributed by atoms with van der Waals surface area (Å²) in [5, 5.41) is 9.95. The molecular formula is C13H20O. The average molecular weight is 192 g/mol. The van der Waals surface area contributed by atoms with Crippen molar-refractivity contribution in [2.45, 2.75) is 39.7 Å². The molecule has 0 saturated carbocycles. The molecule has 2 atom stereocenters. The lowest BCUT2D eigenvalue weighted by Crippen LogP contribution is -2.03. The van der Waals surface area contributed by atoms with Crippen LogP contribution in [0.25, 0.3) is 0 Å². The summed E-state index contributed by atoms with van der Waals surface area (Å²) in [4.78, 5) is 0. The molecule has 0 amide bonds. The minimum Gasteiger partial charge on any atom is -0.388 e. The van der Waals surface area contributed by atoms with E-state index in [-0.39, 0.29) is 6.10 Å². The maximum absolute atomic E-state index is 9.95. The summed E-state index contributed by atoms with van der Waals surface area (Å²) in [6.07, 6.45) is 1.69. The SMILES string of the molecule is CCC(C)CC(O)c1cccc(C)c1. The fourth-order valence-electron chi connectivity index (χ4n) is 1.56. The molecule has 1 rings (SSSR count). The predicted molar refractivity (Wildman–Crippen MR) is 60.2 cm³/mol. The van der Waals surface area contributed by atoms with Crippen LogP contribution in [0.3, 0.4) is 0 Å². The zero-order valence-electron chi connectivity index (χ0n) is 9.33. The van der Waals surface area contributed by atoms with Crippen LogP contribution in [0, 0.1) is 12.8 Å². The van der Waals surface area contributed by atoms with Gasteiger partial charge in [0, 0.05) is 0 Å². The maximum Gasteiger partial charge on any atom is 0.0792 e. The number of hydrogen-bond donors (Lipinski definition) is 1. The molecule has 78 valence electrons. The summed E-state index contributed by atoms with van der Waals surface area (Å²) in [6.45, 7) is 6.39. The molecule has 0 bridgehead atoms. The van der Waals surface area contributed by atoms with Gasteiger partial charge in [0.05, 0.1) is 6.10 Å². The standard InChI is InChI=1S/C13H20O/c1-4-10(2)9-13(14)12-7-5-6-11(3)8-12/h5-8,10,13-14H,4,9H2,1-3H3. The molecule has 0 aliphatic carbocycles. The van der Waals surface area contributed by atoms with Crippen LogP contribution in [-0.2, 0) is 0 Å². The summed E-state index contributed by atoms with van der Waals surface area (Å²) in [7, 11) is 0. The first-order valence-corrected chi connectivity index (χ1v) is 5.38. The summed E-state index contributed by atoms with van der Waals surface area (Å²) >= 11 is 0. The van der Waals surface area contributed by atoms with E-state index >= 15 is 0 Å². The van der Waals surface area contributed by atoms with Gasteiger partial charge in [-0.25, -0.2) is 0 Å². The highest BCUT2D eigenvalue weighted by Gasteiger charge is 2.10. The van der Waals surface area contributed by atoms with Gasteiger partial charge in [0.1, 0.15) is 0 Å². The average Bonchev–Trinajstić information content (AvgIpc) is 2.17. The molecule has 0 aromatic heterocycles. The fraction of sp³-hybridized carbons (Fsp3) is 0.538. The van der Waals surface area contributed by atoms with Gasteiger partial charge in [-0.3, -0.25) is 0 Å². The topological polar surface area (TPSA) is 20.2 Å². The van der Waals surface area contributed by atoms with Crippen LogP contribution in [0.1, 0.15) is 43.9 Å². The lowest BCUT2D eigenvalue weighted by atomic mass is 9.96. The van der Waals surface area contributed by atoms with Crippen molar-refractivity contribution in [2.24, 2.45) is 5.92 Å². The van der Waals surface area contributed by atoms with E-state index in [2.05, 4.69) is 32.9 Å². The van der Waals surface area contributed by atoms with Gasteiger partial charge < -0.3 is 5.11 Å². The number of hydrogen-bond acceptors (Lipinski definition) is 1. The zero-order chi connectivity index (χ0) is 10.6. The third-order valence-electron chi connectivity index (χ3n) is 2.75. The van der Waals surface area contributed by atoms with E-state index in [1.54, 1.807) is 0 Å². The molecule has 0 heterocycles. The second kappa shape index (κ2) is 5.16. The van der Waals surface area contributed by atoms with E-state index in [1.807, 2.05) is 12.1 Å². The first kappa shape index (κ1) is 11.3. The van der Waals surface area contributed by atoms with Crippen molar-refractivity contribution in [3.63, 3.8) is 0 Å². The van der Waals surface area contributed by atoms with E-state index in [0.29, 0.717) is 5.92 Å². The molecule has 0 spiro atoms. The summed E-state index contributed by atoms with van der Waals surface area (Å²) in [5.41, 5.74) is 2.26. The summed E-state index contributed by atoms with van der Waals surface area (Å²) in [5.74, 6) is 0.588. The Bertz CT molecular complexity index is 280. The van der Waals surface area contributed by atoms with Gasteiger partial charge in [-0.05, 0) is 24.8 Å². The largest absolute Gasteiger partial charge is 0.388 e. The molecule has 0 aliphatic heterocycles. The van der Waals surface area contributed by atoms with Crippen molar-refractivity contribution in [3.05, 3.63) is 35.4 Å². The van der Waals surface area contributed by atoms with Crippen LogP contribution >= 0.6 is 0 Å². The van der Waals surface area contributed by atoms with Gasteiger partial charge in [0.15, 0.2) is 0 Å². The van der Waals surface area contributed by atoms with E-state index in [9.17, 15) is 5.11 Å². The molecule has 1 N–H and O–H groups in total. The molecule has 0 fully saturated rings. The minimum absolute atomic E-state index is 0.301. The highest BCUT2D eigenvalue weighted by molar-refractivity contribution is 5.23. The smallest absolute Gasteiger partial charge is 0.0792 e. The first-order valence-electron chi connectivity index (χ1n) is 5.38. The normalized spacial score (nSPS) is 15.1. The highest BCUT2D eigenvalue weighted by atomic mass is 16.3. The number of aryl methyl sites for hydroxylation is 1. The molecule has 1 aromatic rings. The van der Waals surface area contributed by atoms with E-state index in [4.69, 9.17) is 0 Å². The third kappa shape index (κ3) is 3.15. The Balaban J connectivity index is 2.64. The maximum atomic E-state index is 9.95. The van der Waals surface area contributed by atoms with Crippen LogP contribution in [0.2, 0.25) is 0 Å². The quantitative estimate of drug-likeness (QED) is 0.774. The molecule has 0 radical (unpaired) electrons. The molecule has 14 heavy (non-hydrogen) atoms. The Hall–Kier alpha value is -0.820. The van der Waals surface area contributed by atoms with Crippen LogP contribution < -0.4 is 0 Å². The van der Waals surface area contributed by atoms with Crippen LogP contribution in [0.5, 0.6) is 0 Å². The van der Waals surface area contributed by atoms with Crippen molar-refractivity contribution in [1.82, 2.24) is 0 Å². The van der Waals surface area contributed by atoms with Crippen molar-refractivity contribution >= 4 is 0 Å². The van der Waals surface area contributed by atoms with Crippen molar-refractivity contribution in [3.8, 4) is 0 Å². The van der Waals surface area contributed by atoms with Crippen molar-refractivity contribution in [2.75, 3.05) is 0 Å². The van der Waals surface area contributed by atoms with Crippen LogP contribution in [0.4, 0.5) is 0 Å². The highest BCUT2D eigenvalue weighted by Crippen LogP contribution is 2.23. The Morgan fingerprint density at radius 3 is 2.64 bits per heavy atom. The molecule has 1 nitrogen and oxygen atoms in total. The zero-order valence-corrected chi connectivity index (χ0v) is 9.33. The number of benzene rings is 1. The number of aliphatic hydroxyl groups excluding tert-OH is 1. The molecular weight excluding hydrogens is 172 g/mol. The summed E-state index contributed by atoms with van der Waals surface area (Å²) in [6, 6.07) is 8.12. The fourth-order valence-corrected chi connectivity index (χ4v) is 1.56. The van der Waals surface area contributed by atoms with Crippen molar-refractivity contribution in [1.29, 1.82) is 0 Å². The van der Waals surface area contributed by atoms with E-state index in [0.717, 1.165) is 18.4 Å². The Morgan fingerprint density at radius 2 is 2.07 bits per heavy atom. The molecule has 0 aliphatic rings. The van der Waals surface area contributed by atoms with Crippen LogP contribution in [-0.4, -0.2) is 5.11 Å². The molecule has 2 unspecified atom stereocenters. The van der Waals surface area contributed by atoms with Gasteiger partial charge in [0.2, 0.25) is 0 Å². The summed E-state index contributed by atoms with van der Waals surface area (Å²) < 4.78 is 0. The van der Waals surface area contributed by atoms with Gasteiger partial charge in [-0.2, -0.15) is 0 Å². The Kier molecular flexibility index (Phi) is 4.15. The minimum atomic E-state index is -0.301. The number of rotatable bonds is 4. The monoisotopic (exact) mass is 192 g/mol. The van der Waals surface area contributed by atoms with Gasteiger partial charge in [0.25, 0.3) is 0 Å². The van der Waals surface area contributed by atoms with Crippen LogP contribution in [0.15, 0.2) is 24.3 Å². The molecule has 1 aromatic carbocycles. The van der Waals surface area contributed by atoms with E-state index in [1.165, 1.54) is 5.56 Å². The number of aliphatic hydroxyl groups is 1. The predicted octanol–water partition coefficient (Wildman–Crippen LogP) is 3.46. The third-order valence-corrected chi connectivity index (χ3v) is 2.75. The van der Waals surface area contributed by atoms with Gasteiger partial charge in [-0.1, -0.05) is 50.1 Å². The second-order valence-electron chi connectivity index (χ2n) is 4.18. The lowest BCUT2D eigenvalue weighted by Gasteiger charge is -2.15. The van der Waals surface area contributed by atoms with Gasteiger partial charge >= 0.3 is 0 Å².